The molecule has 2 N–H and O–H groups in total. The normalized spacial score (nSPS) is 22.8. The van der Waals surface area contributed by atoms with Gasteiger partial charge in [-0.15, -0.1) is 0 Å². The third-order valence-electron chi connectivity index (χ3n) is 4.16. The van der Waals surface area contributed by atoms with Crippen LogP contribution < -0.4 is 5.32 Å². The molecule has 0 aromatic heterocycles. The van der Waals surface area contributed by atoms with E-state index in [4.69, 9.17) is 0 Å². The summed E-state index contributed by atoms with van der Waals surface area (Å²) in [5.74, 6) is 0.164. The van der Waals surface area contributed by atoms with Gasteiger partial charge in [-0.1, -0.05) is 39.3 Å². The molecule has 0 radical (unpaired) electrons. The van der Waals surface area contributed by atoms with E-state index in [9.17, 15) is 9.90 Å². The molecule has 0 heterocycles. The van der Waals surface area contributed by atoms with Crippen LogP contribution in [0.1, 0.15) is 56.0 Å². The van der Waals surface area contributed by atoms with E-state index in [1.807, 2.05) is 24.3 Å². The van der Waals surface area contributed by atoms with Crippen LogP contribution in [0.2, 0.25) is 0 Å². The number of benzene rings is 1. The van der Waals surface area contributed by atoms with Gasteiger partial charge in [-0.2, -0.15) is 0 Å². The Bertz CT molecular complexity index is 459. The van der Waals surface area contributed by atoms with Crippen LogP contribution in [0, 0.1) is 5.92 Å². The van der Waals surface area contributed by atoms with Crippen LogP contribution in [0.3, 0.4) is 0 Å². The first kappa shape index (κ1) is 15.0. The molecule has 2 atom stereocenters. The van der Waals surface area contributed by atoms with E-state index in [0.29, 0.717) is 12.1 Å². The summed E-state index contributed by atoms with van der Waals surface area (Å²) in [5, 5.41) is 12.7. The van der Waals surface area contributed by atoms with Crippen molar-refractivity contribution in [3.05, 3.63) is 35.4 Å². The van der Waals surface area contributed by atoms with Crippen molar-refractivity contribution < 1.29 is 9.90 Å². The van der Waals surface area contributed by atoms with E-state index >= 15 is 0 Å². The number of aliphatic hydroxyl groups is 1. The third-order valence-corrected chi connectivity index (χ3v) is 4.16. The van der Waals surface area contributed by atoms with E-state index in [2.05, 4.69) is 26.1 Å². The van der Waals surface area contributed by atoms with E-state index in [1.54, 1.807) is 0 Å². The molecule has 0 bridgehead atoms. The van der Waals surface area contributed by atoms with Crippen molar-refractivity contribution in [3.63, 3.8) is 0 Å². The topological polar surface area (TPSA) is 49.3 Å². The van der Waals surface area contributed by atoms with Crippen LogP contribution in [-0.2, 0) is 5.41 Å². The average molecular weight is 275 g/mol. The van der Waals surface area contributed by atoms with Crippen LogP contribution in [0.15, 0.2) is 24.3 Å². The molecule has 0 spiro atoms. The monoisotopic (exact) mass is 275 g/mol. The van der Waals surface area contributed by atoms with Crippen LogP contribution in [0.25, 0.3) is 0 Å². The zero-order valence-corrected chi connectivity index (χ0v) is 12.6. The maximum absolute atomic E-state index is 12.1. The van der Waals surface area contributed by atoms with Gasteiger partial charge in [0.2, 0.25) is 0 Å². The van der Waals surface area contributed by atoms with Gasteiger partial charge in [0.1, 0.15) is 0 Å². The van der Waals surface area contributed by atoms with Crippen LogP contribution in [0.5, 0.6) is 0 Å². The average Bonchev–Trinajstić information content (AvgIpc) is 2.81. The molecule has 1 saturated carbocycles. The van der Waals surface area contributed by atoms with Crippen molar-refractivity contribution in [1.82, 2.24) is 5.32 Å². The molecule has 3 heteroatoms. The lowest BCUT2D eigenvalue weighted by Gasteiger charge is -2.19. The van der Waals surface area contributed by atoms with Gasteiger partial charge in [0, 0.05) is 18.0 Å². The second-order valence-corrected chi connectivity index (χ2v) is 6.80. The molecule has 3 nitrogen and oxygen atoms in total. The number of rotatable bonds is 3. The van der Waals surface area contributed by atoms with Gasteiger partial charge < -0.3 is 10.4 Å². The Labute approximate surface area is 121 Å². The maximum atomic E-state index is 12.1. The number of aliphatic hydroxyl groups excluding tert-OH is 1. The van der Waals surface area contributed by atoms with Crippen LogP contribution in [-0.4, -0.2) is 23.7 Å². The minimum atomic E-state index is -0.251. The highest BCUT2D eigenvalue weighted by atomic mass is 16.3. The highest BCUT2D eigenvalue weighted by Crippen LogP contribution is 2.25. The fraction of sp³-hybridized carbons (Fsp3) is 0.588. The van der Waals surface area contributed by atoms with E-state index in [0.717, 1.165) is 19.3 Å². The molecule has 1 aromatic rings. The van der Waals surface area contributed by atoms with Gasteiger partial charge in [0.25, 0.3) is 5.91 Å². The van der Waals surface area contributed by atoms with Gasteiger partial charge in [-0.05, 0) is 36.0 Å². The van der Waals surface area contributed by atoms with Gasteiger partial charge in [0.15, 0.2) is 0 Å². The molecule has 1 aliphatic carbocycles. The lowest BCUT2D eigenvalue weighted by molar-refractivity contribution is 0.0916. The second-order valence-electron chi connectivity index (χ2n) is 6.80. The second kappa shape index (κ2) is 5.96. The maximum Gasteiger partial charge on any atom is 0.251 e. The number of hydrogen-bond acceptors (Lipinski definition) is 2. The summed E-state index contributed by atoms with van der Waals surface area (Å²) in [5.41, 5.74) is 2.01. The van der Waals surface area contributed by atoms with Crippen molar-refractivity contribution in [3.8, 4) is 0 Å². The molecule has 1 amide bonds. The summed E-state index contributed by atoms with van der Waals surface area (Å²) < 4.78 is 0. The highest BCUT2D eigenvalue weighted by molar-refractivity contribution is 5.94. The lowest BCUT2D eigenvalue weighted by atomic mass is 9.86. The first-order chi connectivity index (χ1) is 9.38. The summed E-state index contributed by atoms with van der Waals surface area (Å²) in [4.78, 5) is 12.1. The zero-order valence-electron chi connectivity index (χ0n) is 12.6. The molecule has 1 fully saturated rings. The van der Waals surface area contributed by atoms with Crippen molar-refractivity contribution >= 4 is 5.91 Å². The minimum Gasteiger partial charge on any atom is -0.393 e. The van der Waals surface area contributed by atoms with E-state index in [1.165, 1.54) is 5.56 Å². The molecule has 1 aromatic carbocycles. The third kappa shape index (κ3) is 3.60. The molecule has 0 saturated heterocycles. The van der Waals surface area contributed by atoms with E-state index < -0.39 is 0 Å². The fourth-order valence-corrected chi connectivity index (χ4v) is 2.70. The molecule has 2 unspecified atom stereocenters. The predicted molar refractivity (Wildman–Crippen MR) is 80.8 cm³/mol. The van der Waals surface area contributed by atoms with Crippen LogP contribution >= 0.6 is 0 Å². The van der Waals surface area contributed by atoms with Gasteiger partial charge in [0.05, 0.1) is 6.10 Å². The van der Waals surface area contributed by atoms with Crippen LogP contribution in [0.4, 0.5) is 0 Å². The van der Waals surface area contributed by atoms with E-state index in [-0.39, 0.29) is 23.3 Å². The molecule has 110 valence electrons. The quantitative estimate of drug-likeness (QED) is 0.891. The number of carbonyl (C=O) groups excluding carboxylic acids is 1. The Morgan fingerprint density at radius 3 is 2.40 bits per heavy atom. The first-order valence-corrected chi connectivity index (χ1v) is 7.45. The Morgan fingerprint density at radius 1 is 1.25 bits per heavy atom. The summed E-state index contributed by atoms with van der Waals surface area (Å²) in [6.45, 7) is 7.04. The molecule has 20 heavy (non-hydrogen) atoms. The number of hydrogen-bond donors (Lipinski definition) is 2. The zero-order chi connectivity index (χ0) is 14.8. The van der Waals surface area contributed by atoms with Crippen molar-refractivity contribution in [2.24, 2.45) is 5.92 Å². The van der Waals surface area contributed by atoms with Crippen molar-refractivity contribution in [1.29, 1.82) is 0 Å². The number of amides is 1. The molecule has 1 aliphatic rings. The predicted octanol–water partition coefficient (Wildman–Crippen LogP) is 2.87. The number of nitrogens with one attached hydrogen (secondary N) is 1. The molecule has 0 aliphatic heterocycles. The van der Waals surface area contributed by atoms with Crippen molar-refractivity contribution in [2.45, 2.75) is 51.6 Å². The molecular weight excluding hydrogens is 250 g/mol. The Hall–Kier alpha value is -1.35. The smallest absolute Gasteiger partial charge is 0.251 e. The van der Waals surface area contributed by atoms with Gasteiger partial charge >= 0.3 is 0 Å². The fourth-order valence-electron chi connectivity index (χ4n) is 2.70. The number of carbonyl (C=O) groups is 1. The Kier molecular flexibility index (Phi) is 4.48. The molecular formula is C17H25NO2. The molecule has 2 rings (SSSR count). The summed E-state index contributed by atoms with van der Waals surface area (Å²) >= 11 is 0. The summed E-state index contributed by atoms with van der Waals surface area (Å²) in [6, 6.07) is 7.78. The summed E-state index contributed by atoms with van der Waals surface area (Å²) in [7, 11) is 0. The highest BCUT2D eigenvalue weighted by Gasteiger charge is 2.25. The standard InChI is InChI=1S/C17H25NO2/c1-17(2,3)14-9-7-12(8-10-14)16(20)18-11-13-5-4-6-15(13)19/h7-10,13,15,19H,4-6,11H2,1-3H3,(H,18,20). The van der Waals surface area contributed by atoms with Crippen molar-refractivity contribution in [2.75, 3.05) is 6.54 Å². The summed E-state index contributed by atoms with van der Waals surface area (Å²) in [6.07, 6.45) is 2.67. The first-order valence-electron chi connectivity index (χ1n) is 7.45. The lowest BCUT2D eigenvalue weighted by Crippen LogP contribution is -2.32. The van der Waals surface area contributed by atoms with Gasteiger partial charge in [-0.3, -0.25) is 4.79 Å². The Morgan fingerprint density at radius 2 is 1.90 bits per heavy atom. The SMILES string of the molecule is CC(C)(C)c1ccc(C(=O)NCC2CCCC2O)cc1. The largest absolute Gasteiger partial charge is 0.393 e. The Balaban J connectivity index is 1.92. The minimum absolute atomic E-state index is 0.0513. The van der Waals surface area contributed by atoms with Gasteiger partial charge in [-0.25, -0.2) is 0 Å².